The fourth-order valence-electron chi connectivity index (χ4n) is 2.40. The molecule has 5 N–H and O–H groups in total. The predicted molar refractivity (Wildman–Crippen MR) is 97.4 cm³/mol. The van der Waals surface area contributed by atoms with Crippen LogP contribution in [0, 0.1) is 0 Å². The minimum atomic E-state index is -2.92. The molecule has 0 spiro atoms. The van der Waals surface area contributed by atoms with Crippen LogP contribution in [0.4, 0.5) is 8.78 Å². The van der Waals surface area contributed by atoms with Crippen molar-refractivity contribution in [3.8, 4) is 17.2 Å². The van der Waals surface area contributed by atoms with Crippen LogP contribution in [0.5, 0.6) is 17.2 Å². The standard InChI is InChI=1S/C16H15F2N3O4S.2H2O/c1-23-13-5-6-19-12(14(13)24-2)8-26(22)16-20-10-4-3-9(25-15(17)18)7-11(10)21-16;;/h3-7,15H,8H2,1-2H3,(H,20,21);2*1H2. The monoisotopic (exact) mass is 419 g/mol. The molecule has 0 saturated carbocycles. The van der Waals surface area contributed by atoms with Crippen LogP contribution in [0.15, 0.2) is 35.6 Å². The average molecular weight is 419 g/mol. The molecule has 1 unspecified atom stereocenters. The smallest absolute Gasteiger partial charge is 0.387 e. The minimum absolute atomic E-state index is 0. The number of aromatic amines is 1. The van der Waals surface area contributed by atoms with Crippen molar-refractivity contribution in [1.29, 1.82) is 0 Å². The van der Waals surface area contributed by atoms with Crippen molar-refractivity contribution in [1.82, 2.24) is 15.0 Å². The third kappa shape index (κ3) is 4.91. The van der Waals surface area contributed by atoms with Gasteiger partial charge >= 0.3 is 6.61 Å². The lowest BCUT2D eigenvalue weighted by atomic mass is 10.3. The maximum Gasteiger partial charge on any atom is 0.387 e. The number of methoxy groups -OCH3 is 2. The second-order valence-corrected chi connectivity index (χ2v) is 6.45. The van der Waals surface area contributed by atoms with Crippen LogP contribution in [0.3, 0.4) is 0 Å². The zero-order chi connectivity index (χ0) is 18.7. The summed E-state index contributed by atoms with van der Waals surface area (Å²) in [6, 6.07) is 5.89. The van der Waals surface area contributed by atoms with E-state index in [1.807, 2.05) is 0 Å². The lowest BCUT2D eigenvalue weighted by Crippen LogP contribution is -2.04. The molecule has 0 amide bonds. The largest absolute Gasteiger partial charge is 0.493 e. The predicted octanol–water partition coefficient (Wildman–Crippen LogP) is 1.23. The van der Waals surface area contributed by atoms with Gasteiger partial charge in [0.15, 0.2) is 16.7 Å². The molecule has 1 aromatic carbocycles. The van der Waals surface area contributed by atoms with Gasteiger partial charge in [-0.15, -0.1) is 0 Å². The summed E-state index contributed by atoms with van der Waals surface area (Å²) in [4.78, 5) is 11.3. The van der Waals surface area contributed by atoms with Gasteiger partial charge in [-0.1, -0.05) is 0 Å². The van der Waals surface area contributed by atoms with E-state index in [-0.39, 0.29) is 27.6 Å². The third-order valence-electron chi connectivity index (χ3n) is 3.51. The molecule has 0 aliphatic rings. The first-order valence-corrected chi connectivity index (χ1v) is 8.72. The molecule has 3 rings (SSSR count). The molecule has 9 nitrogen and oxygen atoms in total. The van der Waals surface area contributed by atoms with Crippen LogP contribution in [0.1, 0.15) is 5.69 Å². The summed E-state index contributed by atoms with van der Waals surface area (Å²) >= 11 is 0. The van der Waals surface area contributed by atoms with Crippen molar-refractivity contribution < 1.29 is 38.2 Å². The number of benzene rings is 1. The summed E-state index contributed by atoms with van der Waals surface area (Å²) < 4.78 is 52.1. The van der Waals surface area contributed by atoms with E-state index in [2.05, 4.69) is 19.7 Å². The third-order valence-corrected chi connectivity index (χ3v) is 4.67. The first-order valence-electron chi connectivity index (χ1n) is 7.40. The van der Waals surface area contributed by atoms with Crippen molar-refractivity contribution in [2.45, 2.75) is 17.5 Å². The number of fused-ring (bicyclic) bond motifs is 1. The van der Waals surface area contributed by atoms with E-state index in [0.717, 1.165) is 0 Å². The van der Waals surface area contributed by atoms with Gasteiger partial charge in [0, 0.05) is 18.3 Å². The quantitative estimate of drug-likeness (QED) is 0.609. The molecule has 12 heteroatoms. The molecule has 1 atom stereocenters. The molecule has 0 aliphatic heterocycles. The molecular weight excluding hydrogens is 400 g/mol. The molecular formula is C16H19F2N3O6S. The Bertz CT molecular complexity index is 953. The Kier molecular flexibility index (Phi) is 8.22. The maximum atomic E-state index is 12.6. The Hall–Kier alpha value is -2.83. The number of H-pyrrole nitrogens is 1. The molecule has 3 aromatic rings. The van der Waals surface area contributed by atoms with Gasteiger partial charge in [0.2, 0.25) is 0 Å². The highest BCUT2D eigenvalue weighted by Gasteiger charge is 2.17. The second-order valence-electron chi connectivity index (χ2n) is 5.08. The molecule has 0 fully saturated rings. The first kappa shape index (κ1) is 23.2. The Balaban J connectivity index is 0.00000196. The number of pyridine rings is 1. The number of rotatable bonds is 7. The summed E-state index contributed by atoms with van der Waals surface area (Å²) in [7, 11) is 1.41. The molecule has 0 bridgehead atoms. The number of aromatic nitrogens is 3. The summed E-state index contributed by atoms with van der Waals surface area (Å²) in [5, 5.41) is 0.195. The normalized spacial score (nSPS) is 11.5. The van der Waals surface area contributed by atoms with Crippen LogP contribution in [-0.4, -0.2) is 50.9 Å². The van der Waals surface area contributed by atoms with E-state index < -0.39 is 17.4 Å². The summed E-state index contributed by atoms with van der Waals surface area (Å²) in [6.45, 7) is -2.92. The van der Waals surface area contributed by atoms with E-state index in [4.69, 9.17) is 9.47 Å². The van der Waals surface area contributed by atoms with Gasteiger partial charge in [-0.3, -0.25) is 9.19 Å². The zero-order valence-corrected chi connectivity index (χ0v) is 15.7. The Labute approximate surface area is 160 Å². The fourth-order valence-corrected chi connectivity index (χ4v) is 3.41. The molecule has 154 valence electrons. The van der Waals surface area contributed by atoms with Crippen molar-refractivity contribution >= 4 is 21.8 Å². The highest BCUT2D eigenvalue weighted by Crippen LogP contribution is 2.30. The lowest BCUT2D eigenvalue weighted by molar-refractivity contribution is -0.0497. The highest BCUT2D eigenvalue weighted by atomic mass is 32.2. The number of imidazole rings is 1. The lowest BCUT2D eigenvalue weighted by Gasteiger charge is -2.10. The number of nitrogens with zero attached hydrogens (tertiary/aromatic N) is 2. The van der Waals surface area contributed by atoms with E-state index in [9.17, 15) is 13.0 Å². The van der Waals surface area contributed by atoms with Crippen molar-refractivity contribution in [2.75, 3.05) is 14.2 Å². The summed E-state index contributed by atoms with van der Waals surface area (Å²) in [6.07, 6.45) is 1.53. The number of halogens is 2. The zero-order valence-electron chi connectivity index (χ0n) is 14.9. The SMILES string of the molecule is COc1ccnc(CS(=O)c2nc3ccc(OC(F)F)cc3[nH]2)c1OC.O.O. The number of nitrogens with one attached hydrogen (secondary N) is 1. The maximum absolute atomic E-state index is 12.6. The van der Waals surface area contributed by atoms with Crippen molar-refractivity contribution in [3.05, 3.63) is 36.2 Å². The molecule has 0 aliphatic carbocycles. The number of alkyl halides is 2. The number of hydrogen-bond acceptors (Lipinski definition) is 6. The molecule has 0 saturated heterocycles. The molecule has 28 heavy (non-hydrogen) atoms. The first-order chi connectivity index (χ1) is 12.5. The van der Waals surface area contributed by atoms with Gasteiger partial charge in [-0.2, -0.15) is 8.78 Å². The average Bonchev–Trinajstić information content (AvgIpc) is 3.04. The van der Waals surface area contributed by atoms with Crippen LogP contribution >= 0.6 is 0 Å². The Morgan fingerprint density at radius 1 is 1.18 bits per heavy atom. The Morgan fingerprint density at radius 2 is 1.93 bits per heavy atom. The molecule has 2 heterocycles. The van der Waals surface area contributed by atoms with Crippen LogP contribution < -0.4 is 14.2 Å². The van der Waals surface area contributed by atoms with E-state index in [0.29, 0.717) is 28.2 Å². The van der Waals surface area contributed by atoms with Gasteiger partial charge in [-0.05, 0) is 12.1 Å². The fraction of sp³-hybridized carbons (Fsp3) is 0.250. The topological polar surface area (TPSA) is 149 Å². The highest BCUT2D eigenvalue weighted by molar-refractivity contribution is 7.84. The summed E-state index contributed by atoms with van der Waals surface area (Å²) in [5.41, 5.74) is 1.38. The van der Waals surface area contributed by atoms with Crippen LogP contribution in [0.2, 0.25) is 0 Å². The van der Waals surface area contributed by atoms with Gasteiger partial charge in [0.05, 0.1) is 47.5 Å². The van der Waals surface area contributed by atoms with Gasteiger partial charge in [-0.25, -0.2) is 4.98 Å². The summed E-state index contributed by atoms with van der Waals surface area (Å²) in [5.74, 6) is 0.908. The molecule has 0 radical (unpaired) electrons. The molecule has 2 aromatic heterocycles. The Morgan fingerprint density at radius 3 is 2.57 bits per heavy atom. The van der Waals surface area contributed by atoms with Gasteiger partial charge in [0.25, 0.3) is 0 Å². The minimum Gasteiger partial charge on any atom is -0.493 e. The van der Waals surface area contributed by atoms with E-state index in [1.165, 1.54) is 38.6 Å². The van der Waals surface area contributed by atoms with Crippen molar-refractivity contribution in [3.63, 3.8) is 0 Å². The number of hydrogen-bond donors (Lipinski definition) is 1. The van der Waals surface area contributed by atoms with Gasteiger partial charge < -0.3 is 30.1 Å². The van der Waals surface area contributed by atoms with Gasteiger partial charge in [0.1, 0.15) is 5.75 Å². The van der Waals surface area contributed by atoms with Crippen LogP contribution in [-0.2, 0) is 16.6 Å². The van der Waals surface area contributed by atoms with Crippen molar-refractivity contribution in [2.24, 2.45) is 0 Å². The van der Waals surface area contributed by atoms with E-state index >= 15 is 0 Å². The van der Waals surface area contributed by atoms with E-state index in [1.54, 1.807) is 6.07 Å². The number of ether oxygens (including phenoxy) is 3. The van der Waals surface area contributed by atoms with Crippen LogP contribution in [0.25, 0.3) is 11.0 Å². The second kappa shape index (κ2) is 9.92.